The quantitative estimate of drug-likeness (QED) is 0.738. The molecule has 0 aromatic carbocycles. The normalized spacial score (nSPS) is 65.5. The van der Waals surface area contributed by atoms with Crippen molar-refractivity contribution in [1.29, 1.82) is 0 Å². The van der Waals surface area contributed by atoms with Gasteiger partial charge in [0, 0.05) is 12.0 Å². The molecule has 5 rings (SSSR count). The topological polar surface area (TPSA) is 32.8 Å². The summed E-state index contributed by atoms with van der Waals surface area (Å²) in [5, 5.41) is 10.1. The van der Waals surface area contributed by atoms with E-state index < -0.39 is 0 Å². The first-order chi connectivity index (χ1) is 10.4. The number of epoxide rings is 1. The van der Waals surface area contributed by atoms with E-state index in [1.807, 2.05) is 0 Å². The third-order valence-electron chi connectivity index (χ3n) is 9.45. The van der Waals surface area contributed by atoms with Crippen molar-refractivity contribution >= 4 is 0 Å². The Morgan fingerprint density at radius 3 is 2.59 bits per heavy atom. The highest BCUT2D eigenvalue weighted by molar-refractivity contribution is 5.26. The van der Waals surface area contributed by atoms with Crippen LogP contribution in [0.4, 0.5) is 0 Å². The van der Waals surface area contributed by atoms with Gasteiger partial charge in [0.05, 0.1) is 11.7 Å². The van der Waals surface area contributed by atoms with Crippen molar-refractivity contribution in [3.8, 4) is 0 Å². The van der Waals surface area contributed by atoms with Crippen LogP contribution in [0.25, 0.3) is 0 Å². The summed E-state index contributed by atoms with van der Waals surface area (Å²) in [5.41, 5.74) is 1.34. The largest absolute Gasteiger partial charge is 0.396 e. The van der Waals surface area contributed by atoms with Gasteiger partial charge in [0.15, 0.2) is 0 Å². The van der Waals surface area contributed by atoms with Gasteiger partial charge in [-0.3, -0.25) is 0 Å². The molecule has 4 aliphatic carbocycles. The van der Waals surface area contributed by atoms with E-state index in [0.717, 1.165) is 17.8 Å². The molecule has 0 aromatic heterocycles. The van der Waals surface area contributed by atoms with Crippen LogP contribution in [0, 0.1) is 34.0 Å². The molecule has 124 valence electrons. The molecule has 0 radical (unpaired) electrons. The molecule has 2 heteroatoms. The van der Waals surface area contributed by atoms with Crippen molar-refractivity contribution in [2.75, 3.05) is 6.61 Å². The van der Waals surface area contributed by atoms with Crippen LogP contribution >= 0.6 is 0 Å². The van der Waals surface area contributed by atoms with E-state index in [2.05, 4.69) is 20.8 Å². The fourth-order valence-corrected chi connectivity index (χ4v) is 8.46. The highest BCUT2D eigenvalue weighted by Gasteiger charge is 2.78. The zero-order valence-electron chi connectivity index (χ0n) is 14.5. The Balaban J connectivity index is 1.57. The van der Waals surface area contributed by atoms with Crippen LogP contribution in [0.15, 0.2) is 0 Å². The van der Waals surface area contributed by atoms with E-state index in [4.69, 9.17) is 4.74 Å². The molecule has 5 aliphatic rings. The molecule has 1 aliphatic heterocycles. The number of hydrogen-bond donors (Lipinski definition) is 1. The molecule has 0 aromatic rings. The predicted molar refractivity (Wildman–Crippen MR) is 86.4 cm³/mol. The molecule has 8 atom stereocenters. The third-order valence-corrected chi connectivity index (χ3v) is 9.45. The van der Waals surface area contributed by atoms with E-state index in [1.54, 1.807) is 0 Å². The standard InChI is InChI=1S/C20H32O2/c1-17(12-21)8-4-9-18(2)14(17)7-10-20-11-13(5-6-15(18)20)19(3)16(20)22-19/h13-16,21H,4-12H2,1-3H3/t13-,14+,15-,16-,17-,18+,19-,20+/m0/s1. The maximum Gasteiger partial charge on any atom is 0.0954 e. The monoisotopic (exact) mass is 304 g/mol. The lowest BCUT2D eigenvalue weighted by Crippen LogP contribution is -2.58. The van der Waals surface area contributed by atoms with Crippen LogP contribution in [-0.2, 0) is 4.74 Å². The Morgan fingerprint density at radius 2 is 1.82 bits per heavy atom. The number of fused-ring (bicyclic) bond motifs is 5. The molecular weight excluding hydrogens is 272 g/mol. The van der Waals surface area contributed by atoms with Gasteiger partial charge in [0.2, 0.25) is 0 Å². The third kappa shape index (κ3) is 1.38. The van der Waals surface area contributed by atoms with E-state index >= 15 is 0 Å². The van der Waals surface area contributed by atoms with Gasteiger partial charge < -0.3 is 9.84 Å². The van der Waals surface area contributed by atoms with Crippen LogP contribution in [-0.4, -0.2) is 23.4 Å². The molecule has 4 saturated carbocycles. The highest BCUT2D eigenvalue weighted by atomic mass is 16.6. The van der Waals surface area contributed by atoms with E-state index in [0.29, 0.717) is 23.5 Å². The van der Waals surface area contributed by atoms with Gasteiger partial charge in [-0.05, 0) is 80.5 Å². The minimum absolute atomic E-state index is 0.164. The maximum atomic E-state index is 10.1. The molecule has 22 heavy (non-hydrogen) atoms. The van der Waals surface area contributed by atoms with Gasteiger partial charge in [-0.2, -0.15) is 0 Å². The maximum absolute atomic E-state index is 10.1. The van der Waals surface area contributed by atoms with Crippen molar-refractivity contribution in [1.82, 2.24) is 0 Å². The molecule has 5 fully saturated rings. The molecule has 2 nitrogen and oxygen atoms in total. The molecule has 1 heterocycles. The van der Waals surface area contributed by atoms with Crippen LogP contribution < -0.4 is 0 Å². The van der Waals surface area contributed by atoms with Crippen molar-refractivity contribution in [2.24, 2.45) is 34.0 Å². The minimum Gasteiger partial charge on any atom is -0.396 e. The number of aliphatic hydroxyl groups is 1. The van der Waals surface area contributed by atoms with Crippen molar-refractivity contribution in [3.05, 3.63) is 0 Å². The van der Waals surface area contributed by atoms with Gasteiger partial charge in [-0.25, -0.2) is 0 Å². The number of hydrogen-bond acceptors (Lipinski definition) is 2. The van der Waals surface area contributed by atoms with Crippen LogP contribution in [0.3, 0.4) is 0 Å². The first-order valence-corrected chi connectivity index (χ1v) is 9.68. The second-order valence-corrected chi connectivity index (χ2v) is 10.2. The lowest BCUT2D eigenvalue weighted by atomic mass is 9.41. The second-order valence-electron chi connectivity index (χ2n) is 10.2. The fraction of sp³-hybridized carbons (Fsp3) is 1.00. The Labute approximate surface area is 135 Å². The van der Waals surface area contributed by atoms with Gasteiger partial charge >= 0.3 is 0 Å². The molecule has 1 spiro atoms. The minimum atomic E-state index is 0.164. The summed E-state index contributed by atoms with van der Waals surface area (Å²) in [4.78, 5) is 0. The molecule has 1 saturated heterocycles. The van der Waals surface area contributed by atoms with Gasteiger partial charge in [-0.1, -0.05) is 20.3 Å². The molecule has 0 unspecified atom stereocenters. The fourth-order valence-electron chi connectivity index (χ4n) is 8.46. The smallest absolute Gasteiger partial charge is 0.0954 e. The Kier molecular flexibility index (Phi) is 2.56. The van der Waals surface area contributed by atoms with Crippen molar-refractivity contribution < 1.29 is 9.84 Å². The summed E-state index contributed by atoms with van der Waals surface area (Å²) in [6, 6.07) is 0. The zero-order chi connectivity index (χ0) is 15.4. The second kappa shape index (κ2) is 3.94. The van der Waals surface area contributed by atoms with Crippen LogP contribution in [0.2, 0.25) is 0 Å². The van der Waals surface area contributed by atoms with E-state index in [-0.39, 0.29) is 11.0 Å². The van der Waals surface area contributed by atoms with Crippen LogP contribution in [0.1, 0.15) is 72.1 Å². The number of aliphatic hydroxyl groups excluding tert-OH is 1. The molecule has 1 N–H and O–H groups in total. The van der Waals surface area contributed by atoms with Gasteiger partial charge in [0.1, 0.15) is 0 Å². The van der Waals surface area contributed by atoms with Gasteiger partial charge in [0.25, 0.3) is 0 Å². The summed E-state index contributed by atoms with van der Waals surface area (Å²) < 4.78 is 6.32. The number of ether oxygens (including phenoxy) is 1. The Bertz CT molecular complexity index is 518. The average Bonchev–Trinajstić information content (AvgIpc) is 3.17. The zero-order valence-corrected chi connectivity index (χ0v) is 14.5. The van der Waals surface area contributed by atoms with E-state index in [1.165, 1.54) is 51.4 Å². The summed E-state index contributed by atoms with van der Waals surface area (Å²) in [5.74, 6) is 2.40. The summed E-state index contributed by atoms with van der Waals surface area (Å²) in [6.07, 6.45) is 11.4. The first-order valence-electron chi connectivity index (χ1n) is 9.68. The number of rotatable bonds is 1. The SMILES string of the molecule is C[C@@]1(CO)CCC[C@]2(C)[C@@H]1CC[C@@]13C[C@H](CC[C@@H]21)[C@]1(C)O[C@H]31. The molecular formula is C20H32O2. The molecule has 2 bridgehead atoms. The lowest BCUT2D eigenvalue weighted by molar-refractivity contribution is -0.174. The van der Waals surface area contributed by atoms with Crippen molar-refractivity contribution in [2.45, 2.75) is 83.8 Å². The highest BCUT2D eigenvalue weighted by Crippen LogP contribution is 2.77. The van der Waals surface area contributed by atoms with Crippen molar-refractivity contribution in [3.63, 3.8) is 0 Å². The summed E-state index contributed by atoms with van der Waals surface area (Å²) in [6.45, 7) is 7.74. The van der Waals surface area contributed by atoms with Gasteiger partial charge in [-0.15, -0.1) is 0 Å². The summed E-state index contributed by atoms with van der Waals surface area (Å²) in [7, 11) is 0. The Morgan fingerprint density at radius 1 is 1.00 bits per heavy atom. The Hall–Kier alpha value is -0.0800. The summed E-state index contributed by atoms with van der Waals surface area (Å²) >= 11 is 0. The van der Waals surface area contributed by atoms with E-state index in [9.17, 15) is 5.11 Å². The predicted octanol–water partition coefficient (Wildman–Crippen LogP) is 4.16. The average molecular weight is 304 g/mol. The van der Waals surface area contributed by atoms with Crippen LogP contribution in [0.5, 0.6) is 0 Å². The lowest BCUT2D eigenvalue weighted by Gasteiger charge is -2.64. The molecule has 0 amide bonds. The first kappa shape index (κ1) is 14.3.